The summed E-state index contributed by atoms with van der Waals surface area (Å²) in [6, 6.07) is 4.15. The van der Waals surface area contributed by atoms with Crippen molar-refractivity contribution in [2.24, 2.45) is 5.92 Å². The van der Waals surface area contributed by atoms with Crippen LogP contribution in [-0.2, 0) is 11.2 Å². The van der Waals surface area contributed by atoms with Gasteiger partial charge in [0.25, 0.3) is 0 Å². The Balaban J connectivity index is 1.63. The van der Waals surface area contributed by atoms with E-state index >= 15 is 0 Å². The van der Waals surface area contributed by atoms with Crippen LogP contribution in [0.1, 0.15) is 31.1 Å². The average Bonchev–Trinajstić information content (AvgIpc) is 3.01. The van der Waals surface area contributed by atoms with Crippen LogP contribution < -0.4 is 5.32 Å². The second kappa shape index (κ2) is 8.51. The lowest BCUT2D eigenvalue weighted by Gasteiger charge is -2.32. The van der Waals surface area contributed by atoms with E-state index in [9.17, 15) is 9.90 Å². The van der Waals surface area contributed by atoms with E-state index in [1.165, 1.54) is 4.88 Å². The summed E-state index contributed by atoms with van der Waals surface area (Å²) in [6.07, 6.45) is 3.29. The van der Waals surface area contributed by atoms with Crippen LogP contribution in [0, 0.1) is 5.92 Å². The van der Waals surface area contributed by atoms with Gasteiger partial charge in [-0.3, -0.25) is 4.79 Å². The number of hydrogen-bond acceptors (Lipinski definition) is 4. The maximum atomic E-state index is 12.1. The van der Waals surface area contributed by atoms with Gasteiger partial charge in [0.15, 0.2) is 0 Å². The zero-order valence-corrected chi connectivity index (χ0v) is 13.6. The molecule has 0 radical (unpaired) electrons. The first kappa shape index (κ1) is 16.5. The van der Waals surface area contributed by atoms with E-state index in [1.807, 2.05) is 13.0 Å². The standard InChI is InChI=1S/C16H26N2O2S/c1-2-14(19)12-18-9-6-13(7-10-18)16(20)17-8-5-15-4-3-11-21-15/h3-4,11,13-14,19H,2,5-10,12H2,1H3,(H,17,20)/t14-/m1/s1. The van der Waals surface area contributed by atoms with Crippen molar-refractivity contribution in [2.75, 3.05) is 26.2 Å². The monoisotopic (exact) mass is 310 g/mol. The van der Waals surface area contributed by atoms with Crippen molar-refractivity contribution in [3.63, 3.8) is 0 Å². The zero-order chi connectivity index (χ0) is 15.1. The molecule has 2 rings (SSSR count). The molecule has 0 saturated carbocycles. The fourth-order valence-corrected chi connectivity index (χ4v) is 3.42. The molecule has 1 fully saturated rings. The number of hydrogen-bond donors (Lipinski definition) is 2. The van der Waals surface area contributed by atoms with Crippen molar-refractivity contribution in [1.82, 2.24) is 10.2 Å². The molecule has 2 heterocycles. The van der Waals surface area contributed by atoms with Crippen molar-refractivity contribution in [1.29, 1.82) is 0 Å². The number of nitrogens with one attached hydrogen (secondary N) is 1. The topological polar surface area (TPSA) is 52.6 Å². The van der Waals surface area contributed by atoms with Crippen LogP contribution in [0.25, 0.3) is 0 Å². The Morgan fingerprint density at radius 1 is 1.52 bits per heavy atom. The van der Waals surface area contributed by atoms with E-state index in [-0.39, 0.29) is 17.9 Å². The number of nitrogens with zero attached hydrogens (tertiary/aromatic N) is 1. The highest BCUT2D eigenvalue weighted by Crippen LogP contribution is 2.18. The lowest BCUT2D eigenvalue weighted by atomic mass is 9.95. The second-order valence-electron chi connectivity index (χ2n) is 5.76. The smallest absolute Gasteiger partial charge is 0.223 e. The lowest BCUT2D eigenvalue weighted by molar-refractivity contribution is -0.126. The van der Waals surface area contributed by atoms with Gasteiger partial charge in [-0.15, -0.1) is 11.3 Å². The molecule has 0 aromatic carbocycles. The number of aliphatic hydroxyl groups is 1. The highest BCUT2D eigenvalue weighted by Gasteiger charge is 2.25. The molecule has 118 valence electrons. The fraction of sp³-hybridized carbons (Fsp3) is 0.688. The molecule has 1 saturated heterocycles. The van der Waals surface area contributed by atoms with Crippen LogP contribution in [0.5, 0.6) is 0 Å². The number of carbonyl (C=O) groups excluding carboxylic acids is 1. The molecular weight excluding hydrogens is 284 g/mol. The molecule has 0 unspecified atom stereocenters. The Morgan fingerprint density at radius 2 is 2.29 bits per heavy atom. The number of likely N-dealkylation sites (tertiary alicyclic amines) is 1. The first-order valence-electron chi connectivity index (χ1n) is 7.89. The van der Waals surface area contributed by atoms with Crippen LogP contribution in [0.15, 0.2) is 17.5 Å². The Hall–Kier alpha value is -0.910. The molecule has 2 N–H and O–H groups in total. The van der Waals surface area contributed by atoms with Gasteiger partial charge in [-0.1, -0.05) is 13.0 Å². The van der Waals surface area contributed by atoms with Crippen molar-refractivity contribution >= 4 is 17.2 Å². The summed E-state index contributed by atoms with van der Waals surface area (Å²) in [4.78, 5) is 15.7. The van der Waals surface area contributed by atoms with Gasteiger partial charge in [0.1, 0.15) is 0 Å². The van der Waals surface area contributed by atoms with E-state index in [1.54, 1.807) is 11.3 Å². The van der Waals surface area contributed by atoms with Crippen LogP contribution >= 0.6 is 11.3 Å². The first-order valence-corrected chi connectivity index (χ1v) is 8.77. The van der Waals surface area contributed by atoms with E-state index < -0.39 is 0 Å². The van der Waals surface area contributed by atoms with Crippen LogP contribution in [0.3, 0.4) is 0 Å². The number of thiophene rings is 1. The van der Waals surface area contributed by atoms with Gasteiger partial charge in [0, 0.05) is 23.9 Å². The first-order chi connectivity index (χ1) is 10.2. The minimum atomic E-state index is -0.235. The second-order valence-corrected chi connectivity index (χ2v) is 6.79. The van der Waals surface area contributed by atoms with E-state index in [2.05, 4.69) is 21.7 Å². The van der Waals surface area contributed by atoms with E-state index in [4.69, 9.17) is 0 Å². The lowest BCUT2D eigenvalue weighted by Crippen LogP contribution is -2.43. The Morgan fingerprint density at radius 3 is 2.90 bits per heavy atom. The van der Waals surface area contributed by atoms with Crippen molar-refractivity contribution in [2.45, 2.75) is 38.7 Å². The van der Waals surface area contributed by atoms with Gasteiger partial charge in [0.05, 0.1) is 6.10 Å². The molecule has 1 aliphatic rings. The summed E-state index contributed by atoms with van der Waals surface area (Å²) < 4.78 is 0. The summed E-state index contributed by atoms with van der Waals surface area (Å²) in [7, 11) is 0. The average molecular weight is 310 g/mol. The molecule has 1 aromatic rings. The largest absolute Gasteiger partial charge is 0.392 e. The third kappa shape index (κ3) is 5.41. The van der Waals surface area contributed by atoms with Gasteiger partial charge in [-0.05, 0) is 50.2 Å². The van der Waals surface area contributed by atoms with Gasteiger partial charge in [0.2, 0.25) is 5.91 Å². The predicted octanol–water partition coefficient (Wildman–Crippen LogP) is 1.89. The minimum Gasteiger partial charge on any atom is -0.392 e. The molecule has 1 aliphatic heterocycles. The zero-order valence-electron chi connectivity index (χ0n) is 12.8. The number of aliphatic hydroxyl groups excluding tert-OH is 1. The maximum absolute atomic E-state index is 12.1. The van der Waals surface area contributed by atoms with Gasteiger partial charge >= 0.3 is 0 Å². The number of piperidine rings is 1. The molecule has 1 atom stereocenters. The molecule has 1 amide bonds. The van der Waals surface area contributed by atoms with Crippen molar-refractivity contribution < 1.29 is 9.90 Å². The fourth-order valence-electron chi connectivity index (χ4n) is 2.71. The van der Waals surface area contributed by atoms with Crippen LogP contribution in [0.2, 0.25) is 0 Å². The summed E-state index contributed by atoms with van der Waals surface area (Å²) in [5.74, 6) is 0.339. The highest BCUT2D eigenvalue weighted by atomic mass is 32.1. The molecule has 0 aliphatic carbocycles. The van der Waals surface area contributed by atoms with Gasteiger partial charge < -0.3 is 15.3 Å². The number of rotatable bonds is 7. The Kier molecular flexibility index (Phi) is 6.67. The van der Waals surface area contributed by atoms with Crippen LogP contribution in [0.4, 0.5) is 0 Å². The number of β-amino-alcohol motifs (C(OH)–C–C–N with tert-alkyl or cyclic N) is 1. The molecule has 21 heavy (non-hydrogen) atoms. The molecule has 0 bridgehead atoms. The maximum Gasteiger partial charge on any atom is 0.223 e. The third-order valence-corrected chi connectivity index (χ3v) is 5.09. The molecule has 5 heteroatoms. The van der Waals surface area contributed by atoms with Gasteiger partial charge in [-0.25, -0.2) is 0 Å². The van der Waals surface area contributed by atoms with Crippen molar-refractivity contribution in [3.8, 4) is 0 Å². The highest BCUT2D eigenvalue weighted by molar-refractivity contribution is 7.09. The molecule has 1 aromatic heterocycles. The summed E-state index contributed by atoms with van der Waals surface area (Å²) in [5, 5.41) is 14.8. The SMILES string of the molecule is CC[C@@H](O)CN1CCC(C(=O)NCCc2cccs2)CC1. The normalized spacial score (nSPS) is 18.6. The van der Waals surface area contributed by atoms with E-state index in [0.29, 0.717) is 0 Å². The minimum absolute atomic E-state index is 0.142. The Bertz CT molecular complexity index is 414. The summed E-state index contributed by atoms with van der Waals surface area (Å²) in [6.45, 7) is 5.30. The number of amides is 1. The predicted molar refractivity (Wildman–Crippen MR) is 86.5 cm³/mol. The third-order valence-electron chi connectivity index (χ3n) is 4.15. The summed E-state index contributed by atoms with van der Waals surface area (Å²) in [5.41, 5.74) is 0. The molecular formula is C16H26N2O2S. The van der Waals surface area contributed by atoms with E-state index in [0.717, 1.165) is 51.9 Å². The molecule has 0 spiro atoms. The quantitative estimate of drug-likeness (QED) is 0.808. The Labute approximate surface area is 131 Å². The van der Waals surface area contributed by atoms with Gasteiger partial charge in [-0.2, -0.15) is 0 Å². The van der Waals surface area contributed by atoms with Crippen LogP contribution in [-0.4, -0.2) is 48.2 Å². The molecule has 4 nitrogen and oxygen atoms in total. The number of carbonyl (C=O) groups is 1. The summed E-state index contributed by atoms with van der Waals surface area (Å²) >= 11 is 1.74. The van der Waals surface area contributed by atoms with Crippen molar-refractivity contribution in [3.05, 3.63) is 22.4 Å².